The quantitative estimate of drug-likeness (QED) is 0.783. The normalized spacial score (nSPS) is 22.1. The zero-order valence-electron chi connectivity index (χ0n) is 12.4. The minimum absolute atomic E-state index is 0.251. The van der Waals surface area contributed by atoms with E-state index in [-0.39, 0.29) is 6.54 Å². The summed E-state index contributed by atoms with van der Waals surface area (Å²) in [4.78, 5) is 24.8. The number of hydrogen-bond acceptors (Lipinski definition) is 4. The molecular weight excluding hydrogens is 260 g/mol. The van der Waals surface area contributed by atoms with Crippen molar-refractivity contribution in [2.45, 2.75) is 51.9 Å². The molecule has 1 saturated heterocycles. The Morgan fingerprint density at radius 2 is 2.10 bits per heavy atom. The van der Waals surface area contributed by atoms with Crippen molar-refractivity contribution in [3.63, 3.8) is 0 Å². The minimum Gasteiger partial charge on any atom is -0.444 e. The maximum atomic E-state index is 12.0. The zero-order valence-corrected chi connectivity index (χ0v) is 12.4. The number of carbonyl (C=O) groups excluding carboxylic acids is 2. The van der Waals surface area contributed by atoms with Crippen LogP contribution in [0.4, 0.5) is 9.59 Å². The zero-order chi connectivity index (χ0) is 15.3. The van der Waals surface area contributed by atoms with Gasteiger partial charge in [-0.25, -0.2) is 9.59 Å². The summed E-state index contributed by atoms with van der Waals surface area (Å²) in [5, 5.41) is 2.54. The molecule has 0 radical (unpaired) electrons. The van der Waals surface area contributed by atoms with Gasteiger partial charge in [-0.15, -0.1) is 6.42 Å². The first-order valence-corrected chi connectivity index (χ1v) is 6.67. The first-order valence-electron chi connectivity index (χ1n) is 6.67. The highest BCUT2D eigenvalue weighted by molar-refractivity contribution is 5.70. The predicted molar refractivity (Wildman–Crippen MR) is 74.1 cm³/mol. The van der Waals surface area contributed by atoms with E-state index in [2.05, 4.69) is 11.2 Å². The lowest BCUT2D eigenvalue weighted by molar-refractivity contribution is 0.0230. The molecule has 0 unspecified atom stereocenters. The minimum atomic E-state index is -0.589. The molecule has 2 atom stereocenters. The van der Waals surface area contributed by atoms with Crippen molar-refractivity contribution in [1.29, 1.82) is 0 Å². The number of alkyl carbamates (subject to hydrolysis) is 1. The van der Waals surface area contributed by atoms with Crippen LogP contribution in [-0.2, 0) is 9.47 Å². The summed E-state index contributed by atoms with van der Waals surface area (Å²) in [7, 11) is 0. The molecule has 20 heavy (non-hydrogen) atoms. The molecule has 0 aromatic carbocycles. The van der Waals surface area contributed by atoms with Gasteiger partial charge < -0.3 is 14.8 Å². The van der Waals surface area contributed by atoms with E-state index in [9.17, 15) is 9.59 Å². The highest BCUT2D eigenvalue weighted by Gasteiger charge is 2.38. The third-order valence-corrected chi connectivity index (χ3v) is 2.68. The average Bonchev–Trinajstić information content (AvgIpc) is 2.70. The Balaban J connectivity index is 2.62. The number of hydrogen-bond donors (Lipinski definition) is 1. The Kier molecular flexibility index (Phi) is 5.26. The summed E-state index contributed by atoms with van der Waals surface area (Å²) in [5.74, 6) is 2.53. The molecular formula is C14H22N2O4. The fourth-order valence-electron chi connectivity index (χ4n) is 1.90. The third kappa shape index (κ3) is 4.65. The molecule has 0 bridgehead atoms. The van der Waals surface area contributed by atoms with E-state index in [4.69, 9.17) is 15.9 Å². The fraction of sp³-hybridized carbons (Fsp3) is 0.714. The van der Waals surface area contributed by atoms with Gasteiger partial charge >= 0.3 is 12.2 Å². The second-order valence-corrected chi connectivity index (χ2v) is 5.61. The Bertz CT molecular complexity index is 408. The lowest BCUT2D eigenvalue weighted by Gasteiger charge is -2.26. The Hall–Kier alpha value is -1.90. The molecule has 6 heteroatoms. The maximum absolute atomic E-state index is 12.0. The summed E-state index contributed by atoms with van der Waals surface area (Å²) in [6.07, 6.45) is 4.45. The number of terminal acetylenes is 1. The van der Waals surface area contributed by atoms with Crippen molar-refractivity contribution in [1.82, 2.24) is 10.2 Å². The van der Waals surface area contributed by atoms with Crippen molar-refractivity contribution in [3.05, 3.63) is 0 Å². The molecule has 0 aliphatic carbocycles. The van der Waals surface area contributed by atoms with Gasteiger partial charge in [0.25, 0.3) is 0 Å². The Morgan fingerprint density at radius 1 is 1.45 bits per heavy atom. The van der Waals surface area contributed by atoms with Crippen LogP contribution in [0, 0.1) is 12.3 Å². The number of rotatable bonds is 2. The summed E-state index contributed by atoms with van der Waals surface area (Å²) in [6, 6.07) is -0.413. The number of carbonyl (C=O) groups is 2. The van der Waals surface area contributed by atoms with E-state index < -0.39 is 29.9 Å². The van der Waals surface area contributed by atoms with E-state index >= 15 is 0 Å². The van der Waals surface area contributed by atoms with Gasteiger partial charge in [0.05, 0.1) is 12.6 Å². The summed E-state index contributed by atoms with van der Waals surface area (Å²) in [6.45, 7) is 7.89. The summed E-state index contributed by atoms with van der Waals surface area (Å²) < 4.78 is 10.5. The van der Waals surface area contributed by atoms with Crippen LogP contribution in [0.15, 0.2) is 0 Å². The number of nitrogens with one attached hydrogen (secondary N) is 1. The number of amides is 2. The third-order valence-electron chi connectivity index (χ3n) is 2.68. The van der Waals surface area contributed by atoms with E-state index in [1.54, 1.807) is 27.7 Å². The Labute approximate surface area is 119 Å². The second-order valence-electron chi connectivity index (χ2n) is 5.61. The molecule has 112 valence electrons. The van der Waals surface area contributed by atoms with Gasteiger partial charge in [-0.3, -0.25) is 4.90 Å². The van der Waals surface area contributed by atoms with Crippen molar-refractivity contribution in [2.24, 2.45) is 0 Å². The molecule has 1 heterocycles. The van der Waals surface area contributed by atoms with Gasteiger partial charge in [-0.2, -0.15) is 0 Å². The van der Waals surface area contributed by atoms with Crippen LogP contribution in [0.1, 0.15) is 34.1 Å². The SMILES string of the molecule is C#C[C@@H]1C[C@@H](OC(=O)NCC)CN1C(=O)OC(C)(C)C. The molecule has 1 N–H and O–H groups in total. The molecule has 0 aromatic rings. The highest BCUT2D eigenvalue weighted by Crippen LogP contribution is 2.22. The van der Waals surface area contributed by atoms with Gasteiger partial charge in [0.1, 0.15) is 11.7 Å². The maximum Gasteiger partial charge on any atom is 0.411 e. The molecule has 1 rings (SSSR count). The topological polar surface area (TPSA) is 67.9 Å². The first kappa shape index (κ1) is 16.2. The molecule has 6 nitrogen and oxygen atoms in total. The molecule has 0 aromatic heterocycles. The van der Waals surface area contributed by atoms with Crippen molar-refractivity contribution in [3.8, 4) is 12.3 Å². The number of likely N-dealkylation sites (tertiary alicyclic amines) is 1. The first-order chi connectivity index (χ1) is 9.26. The fourth-order valence-corrected chi connectivity index (χ4v) is 1.90. The average molecular weight is 282 g/mol. The molecule has 1 fully saturated rings. The van der Waals surface area contributed by atoms with Crippen molar-refractivity contribution >= 4 is 12.2 Å². The second kappa shape index (κ2) is 6.51. The van der Waals surface area contributed by atoms with Gasteiger partial charge in [0, 0.05) is 13.0 Å². The van der Waals surface area contributed by atoms with Crippen LogP contribution < -0.4 is 5.32 Å². The largest absolute Gasteiger partial charge is 0.444 e. The van der Waals surface area contributed by atoms with E-state index in [0.717, 1.165) is 0 Å². The molecule has 2 amide bonds. The molecule has 0 saturated carbocycles. The smallest absolute Gasteiger partial charge is 0.411 e. The lowest BCUT2D eigenvalue weighted by atomic mass is 10.2. The predicted octanol–water partition coefficient (Wildman–Crippen LogP) is 1.74. The van der Waals surface area contributed by atoms with Crippen LogP contribution >= 0.6 is 0 Å². The van der Waals surface area contributed by atoms with Crippen LogP contribution in [-0.4, -0.2) is 47.9 Å². The van der Waals surface area contributed by atoms with Gasteiger partial charge in [0.2, 0.25) is 0 Å². The standard InChI is InChI=1S/C14H22N2O4/c1-6-10-8-11(19-12(17)15-7-2)9-16(10)13(18)20-14(3,4)5/h1,10-11H,7-9H2,2-5H3,(H,15,17)/t10-,11-/m1/s1. The van der Waals surface area contributed by atoms with Crippen LogP contribution in [0.25, 0.3) is 0 Å². The van der Waals surface area contributed by atoms with Crippen molar-refractivity contribution in [2.75, 3.05) is 13.1 Å². The highest BCUT2D eigenvalue weighted by atomic mass is 16.6. The van der Waals surface area contributed by atoms with Crippen LogP contribution in [0.2, 0.25) is 0 Å². The van der Waals surface area contributed by atoms with Crippen molar-refractivity contribution < 1.29 is 19.1 Å². The van der Waals surface area contributed by atoms with Gasteiger partial charge in [0.15, 0.2) is 0 Å². The molecule has 1 aliphatic heterocycles. The van der Waals surface area contributed by atoms with E-state index in [1.165, 1.54) is 4.90 Å². The molecule has 0 spiro atoms. The van der Waals surface area contributed by atoms with Crippen LogP contribution in [0.5, 0.6) is 0 Å². The van der Waals surface area contributed by atoms with Crippen LogP contribution in [0.3, 0.4) is 0 Å². The van der Waals surface area contributed by atoms with E-state index in [1.807, 2.05) is 0 Å². The molecule has 1 aliphatic rings. The summed E-state index contributed by atoms with van der Waals surface area (Å²) >= 11 is 0. The summed E-state index contributed by atoms with van der Waals surface area (Å²) in [5.41, 5.74) is -0.589. The van der Waals surface area contributed by atoms with Gasteiger partial charge in [-0.1, -0.05) is 5.92 Å². The monoisotopic (exact) mass is 282 g/mol. The number of nitrogens with zero attached hydrogens (tertiary/aromatic N) is 1. The lowest BCUT2D eigenvalue weighted by Crippen LogP contribution is -2.40. The van der Waals surface area contributed by atoms with Gasteiger partial charge in [-0.05, 0) is 27.7 Å². The Morgan fingerprint density at radius 3 is 2.60 bits per heavy atom. The number of ether oxygens (including phenoxy) is 2. The van der Waals surface area contributed by atoms with E-state index in [0.29, 0.717) is 13.0 Å².